The van der Waals surface area contributed by atoms with Crippen LogP contribution in [0, 0.1) is 0 Å². The second-order valence-corrected chi connectivity index (χ2v) is 8.04. The van der Waals surface area contributed by atoms with Crippen LogP contribution < -0.4 is 5.32 Å². The summed E-state index contributed by atoms with van der Waals surface area (Å²) in [5.74, 6) is 0.817. The lowest BCUT2D eigenvalue weighted by molar-refractivity contribution is -0.118. The highest BCUT2D eigenvalue weighted by Gasteiger charge is 2.43. The molecule has 140 valence electrons. The fourth-order valence-electron chi connectivity index (χ4n) is 3.52. The van der Waals surface area contributed by atoms with Crippen molar-refractivity contribution in [2.24, 2.45) is 0 Å². The van der Waals surface area contributed by atoms with Crippen LogP contribution in [0.15, 0.2) is 58.5 Å². The molecule has 0 bridgehead atoms. The predicted octanol–water partition coefficient (Wildman–Crippen LogP) is 4.60. The van der Waals surface area contributed by atoms with E-state index in [1.165, 1.54) is 0 Å². The van der Waals surface area contributed by atoms with Crippen molar-refractivity contribution in [3.63, 3.8) is 0 Å². The lowest BCUT2D eigenvalue weighted by atomic mass is 10.1. The second kappa shape index (κ2) is 7.60. The molecule has 27 heavy (non-hydrogen) atoms. The van der Waals surface area contributed by atoms with Crippen molar-refractivity contribution in [2.75, 3.05) is 5.32 Å². The van der Waals surface area contributed by atoms with Gasteiger partial charge in [0, 0.05) is 12.2 Å². The van der Waals surface area contributed by atoms with Crippen molar-refractivity contribution in [1.82, 2.24) is 14.8 Å². The summed E-state index contributed by atoms with van der Waals surface area (Å²) >= 11 is 1.54. The van der Waals surface area contributed by atoms with Crippen LogP contribution in [0.25, 0.3) is 11.4 Å². The number of nitrogens with zero attached hydrogens (tertiary/aromatic N) is 3. The van der Waals surface area contributed by atoms with E-state index in [0.29, 0.717) is 0 Å². The smallest absolute Gasteiger partial charge is 0.241 e. The van der Waals surface area contributed by atoms with Gasteiger partial charge < -0.3 is 14.3 Å². The molecule has 0 unspecified atom stereocenters. The zero-order valence-electron chi connectivity index (χ0n) is 15.2. The highest BCUT2D eigenvalue weighted by molar-refractivity contribution is 8.01. The molecule has 2 heterocycles. The Bertz CT molecular complexity index is 899. The third-order valence-electron chi connectivity index (χ3n) is 4.96. The van der Waals surface area contributed by atoms with Gasteiger partial charge in [-0.1, -0.05) is 42.8 Å². The minimum atomic E-state index is -0.510. The van der Waals surface area contributed by atoms with Crippen LogP contribution in [0.1, 0.15) is 32.6 Å². The summed E-state index contributed by atoms with van der Waals surface area (Å²) in [4.78, 5) is 13.2. The average Bonchev–Trinajstić information content (AvgIpc) is 3.44. The van der Waals surface area contributed by atoms with Gasteiger partial charge >= 0.3 is 0 Å². The molecule has 4 rings (SSSR count). The number of furan rings is 1. The lowest BCUT2D eigenvalue weighted by Gasteiger charge is -2.26. The van der Waals surface area contributed by atoms with Gasteiger partial charge in [0.1, 0.15) is 11.0 Å². The molecular formula is C20H22N4O2S. The van der Waals surface area contributed by atoms with E-state index in [2.05, 4.69) is 22.4 Å². The van der Waals surface area contributed by atoms with E-state index in [4.69, 9.17) is 4.42 Å². The van der Waals surface area contributed by atoms with Gasteiger partial charge in [-0.2, -0.15) is 0 Å². The summed E-state index contributed by atoms with van der Waals surface area (Å²) in [5.41, 5.74) is 1.72. The van der Waals surface area contributed by atoms with Crippen LogP contribution in [0.2, 0.25) is 0 Å². The fraction of sp³-hybridized carbons (Fsp3) is 0.350. The summed E-state index contributed by atoms with van der Waals surface area (Å²) in [6.07, 6.45) is 7.07. The fourth-order valence-corrected chi connectivity index (χ4v) is 4.91. The Morgan fingerprint density at radius 1 is 1.22 bits per heavy atom. The molecule has 0 saturated heterocycles. The van der Waals surface area contributed by atoms with E-state index in [1.54, 1.807) is 24.3 Å². The monoisotopic (exact) mass is 382 g/mol. The molecular weight excluding hydrogens is 360 g/mol. The molecule has 0 radical (unpaired) electrons. The minimum Gasteiger partial charge on any atom is -0.472 e. The van der Waals surface area contributed by atoms with Crippen LogP contribution >= 0.6 is 11.8 Å². The van der Waals surface area contributed by atoms with Gasteiger partial charge in [-0.15, -0.1) is 10.2 Å². The number of carbonyl (C=O) groups excluding carboxylic acids is 1. The quantitative estimate of drug-likeness (QED) is 0.674. The molecule has 1 amide bonds. The van der Waals surface area contributed by atoms with Gasteiger partial charge in [0.2, 0.25) is 5.91 Å². The molecule has 1 aromatic carbocycles. The van der Waals surface area contributed by atoms with Gasteiger partial charge in [-0.05, 0) is 38.0 Å². The molecule has 1 aliphatic rings. The SMILES string of the molecule is CCn1c(SC2(C(=O)Nc3ccccc3)CCCC2)nnc1-c1ccoc1. The molecule has 3 aromatic rings. The molecule has 1 aliphatic carbocycles. The molecule has 2 aromatic heterocycles. The maximum atomic E-state index is 13.2. The maximum Gasteiger partial charge on any atom is 0.241 e. The maximum absolute atomic E-state index is 13.2. The van der Waals surface area contributed by atoms with Crippen molar-refractivity contribution < 1.29 is 9.21 Å². The number of rotatable bonds is 6. The number of thioether (sulfide) groups is 1. The number of carbonyl (C=O) groups is 1. The van der Waals surface area contributed by atoms with Crippen molar-refractivity contribution in [3.05, 3.63) is 48.9 Å². The number of hydrogen-bond donors (Lipinski definition) is 1. The molecule has 1 saturated carbocycles. The van der Waals surface area contributed by atoms with Gasteiger partial charge in [-0.25, -0.2) is 0 Å². The lowest BCUT2D eigenvalue weighted by Crippen LogP contribution is -2.37. The Labute approximate surface area is 162 Å². The van der Waals surface area contributed by atoms with E-state index in [1.807, 2.05) is 41.0 Å². The van der Waals surface area contributed by atoms with E-state index in [0.717, 1.165) is 54.5 Å². The van der Waals surface area contributed by atoms with Crippen LogP contribution in [-0.4, -0.2) is 25.4 Å². The standard InChI is InChI=1S/C20H22N4O2S/c1-2-24-17(15-10-13-26-14-15)22-23-19(24)27-20(11-6-7-12-20)18(25)21-16-8-4-3-5-9-16/h3-5,8-10,13-14H,2,6-7,11-12H2,1H3,(H,21,25). The molecule has 7 heteroatoms. The number of anilines is 1. The topological polar surface area (TPSA) is 73.0 Å². The zero-order chi connectivity index (χ0) is 18.7. The number of aromatic nitrogens is 3. The summed E-state index contributed by atoms with van der Waals surface area (Å²) in [7, 11) is 0. The summed E-state index contributed by atoms with van der Waals surface area (Å²) in [5, 5.41) is 12.6. The van der Waals surface area contributed by atoms with Crippen LogP contribution in [0.3, 0.4) is 0 Å². The van der Waals surface area contributed by atoms with Gasteiger partial charge in [0.05, 0.1) is 11.8 Å². The van der Waals surface area contributed by atoms with Crippen LogP contribution in [0.4, 0.5) is 5.69 Å². The zero-order valence-corrected chi connectivity index (χ0v) is 16.0. The van der Waals surface area contributed by atoms with Crippen molar-refractivity contribution in [3.8, 4) is 11.4 Å². The molecule has 6 nitrogen and oxygen atoms in total. The first-order chi connectivity index (χ1) is 13.2. The minimum absolute atomic E-state index is 0.0479. The van der Waals surface area contributed by atoms with Gasteiger partial charge in [0.15, 0.2) is 11.0 Å². The van der Waals surface area contributed by atoms with E-state index in [-0.39, 0.29) is 5.91 Å². The van der Waals surface area contributed by atoms with Gasteiger partial charge in [-0.3, -0.25) is 4.79 Å². The normalized spacial score (nSPS) is 15.7. The van der Waals surface area contributed by atoms with Crippen LogP contribution in [-0.2, 0) is 11.3 Å². The highest BCUT2D eigenvalue weighted by atomic mass is 32.2. The van der Waals surface area contributed by atoms with Crippen molar-refractivity contribution >= 4 is 23.4 Å². The number of nitrogens with one attached hydrogen (secondary N) is 1. The Hall–Kier alpha value is -2.54. The molecule has 0 aliphatic heterocycles. The molecule has 1 N–H and O–H groups in total. The number of para-hydroxylation sites is 1. The third kappa shape index (κ3) is 3.51. The van der Waals surface area contributed by atoms with E-state index < -0.39 is 4.75 Å². The molecule has 0 atom stereocenters. The third-order valence-corrected chi connectivity index (χ3v) is 6.42. The van der Waals surface area contributed by atoms with E-state index >= 15 is 0 Å². The molecule has 1 fully saturated rings. The number of benzene rings is 1. The van der Waals surface area contributed by atoms with Crippen LogP contribution in [0.5, 0.6) is 0 Å². The Morgan fingerprint density at radius 3 is 2.67 bits per heavy atom. The Kier molecular flexibility index (Phi) is 5.03. The Morgan fingerprint density at radius 2 is 2.00 bits per heavy atom. The molecule has 0 spiro atoms. The largest absolute Gasteiger partial charge is 0.472 e. The number of hydrogen-bond acceptors (Lipinski definition) is 5. The Balaban J connectivity index is 1.61. The highest BCUT2D eigenvalue weighted by Crippen LogP contribution is 2.46. The first-order valence-electron chi connectivity index (χ1n) is 9.23. The summed E-state index contributed by atoms with van der Waals surface area (Å²) in [6.45, 7) is 2.79. The van der Waals surface area contributed by atoms with Crippen molar-refractivity contribution in [2.45, 2.75) is 49.1 Å². The van der Waals surface area contributed by atoms with E-state index in [9.17, 15) is 4.79 Å². The second-order valence-electron chi connectivity index (χ2n) is 6.69. The summed E-state index contributed by atoms with van der Waals surface area (Å²) < 4.78 is 6.72. The van der Waals surface area contributed by atoms with Gasteiger partial charge in [0.25, 0.3) is 0 Å². The predicted molar refractivity (Wildman–Crippen MR) is 106 cm³/mol. The number of amides is 1. The van der Waals surface area contributed by atoms with Crippen molar-refractivity contribution in [1.29, 1.82) is 0 Å². The average molecular weight is 382 g/mol. The first kappa shape index (κ1) is 17.9. The summed E-state index contributed by atoms with van der Waals surface area (Å²) in [6, 6.07) is 11.5. The first-order valence-corrected chi connectivity index (χ1v) is 10.0.